The Balaban J connectivity index is 2.50. The lowest BCUT2D eigenvalue weighted by Crippen LogP contribution is -2.49. The van der Waals surface area contributed by atoms with Gasteiger partial charge in [-0.05, 0) is 43.6 Å². The summed E-state index contributed by atoms with van der Waals surface area (Å²) in [5, 5.41) is 20.4. The van der Waals surface area contributed by atoms with Crippen LogP contribution in [0.2, 0.25) is 0 Å². The molecular weight excluding hydrogens is 340 g/mol. The van der Waals surface area contributed by atoms with Crippen LogP contribution >= 0.6 is 0 Å². The molecule has 1 aliphatic rings. The molecule has 0 saturated heterocycles. The van der Waals surface area contributed by atoms with Crippen LogP contribution in [0.25, 0.3) is 0 Å². The number of aliphatic hydroxyl groups is 1. The molecule has 4 heteroatoms. The zero-order valence-corrected chi connectivity index (χ0v) is 16.7. The SMILES string of the molecule is CC1=C(Cc2cccc(C)c2)C(=O)CC(C)(C)[C@]1(O)/C=C/C(C)=C\C(=O)O. The Hall–Kier alpha value is -2.46. The largest absolute Gasteiger partial charge is 0.478 e. The van der Waals surface area contributed by atoms with Crippen LogP contribution in [0.15, 0.2) is 59.2 Å². The van der Waals surface area contributed by atoms with E-state index >= 15 is 0 Å². The number of Topliss-reactive ketones (excluding diaryl/α,β-unsaturated/α-hetero) is 1. The van der Waals surface area contributed by atoms with Gasteiger partial charge >= 0.3 is 5.97 Å². The Kier molecular flexibility index (Phi) is 5.91. The van der Waals surface area contributed by atoms with Crippen LogP contribution in [0.1, 0.15) is 45.2 Å². The summed E-state index contributed by atoms with van der Waals surface area (Å²) in [6.07, 6.45) is 5.03. The van der Waals surface area contributed by atoms with Crippen LogP contribution in [0.5, 0.6) is 0 Å². The van der Waals surface area contributed by atoms with Gasteiger partial charge in [0.25, 0.3) is 0 Å². The first-order valence-corrected chi connectivity index (χ1v) is 9.08. The Morgan fingerprint density at radius 1 is 1.26 bits per heavy atom. The van der Waals surface area contributed by atoms with Crippen molar-refractivity contribution >= 4 is 11.8 Å². The first-order valence-electron chi connectivity index (χ1n) is 9.08. The number of ketones is 1. The maximum Gasteiger partial charge on any atom is 0.328 e. The van der Waals surface area contributed by atoms with E-state index in [1.54, 1.807) is 26.0 Å². The van der Waals surface area contributed by atoms with Gasteiger partial charge in [0.15, 0.2) is 5.78 Å². The highest BCUT2D eigenvalue weighted by molar-refractivity contribution is 5.98. The van der Waals surface area contributed by atoms with E-state index in [0.717, 1.165) is 17.2 Å². The lowest BCUT2D eigenvalue weighted by Gasteiger charge is -2.46. The second-order valence-electron chi connectivity index (χ2n) is 8.08. The second-order valence-corrected chi connectivity index (χ2v) is 8.08. The Morgan fingerprint density at radius 2 is 1.93 bits per heavy atom. The predicted octanol–water partition coefficient (Wildman–Crippen LogP) is 4.17. The maximum absolute atomic E-state index is 12.8. The number of aryl methyl sites for hydroxylation is 1. The average Bonchev–Trinajstić information content (AvgIpc) is 2.54. The molecule has 1 aliphatic carbocycles. The van der Waals surface area contributed by atoms with Crippen LogP contribution in [-0.4, -0.2) is 27.6 Å². The molecule has 1 aromatic rings. The van der Waals surface area contributed by atoms with Crippen LogP contribution in [0, 0.1) is 12.3 Å². The minimum Gasteiger partial charge on any atom is -0.478 e. The second kappa shape index (κ2) is 7.65. The van der Waals surface area contributed by atoms with Crippen molar-refractivity contribution in [2.24, 2.45) is 5.41 Å². The van der Waals surface area contributed by atoms with Gasteiger partial charge in [0.1, 0.15) is 5.60 Å². The minimum atomic E-state index is -1.33. The molecule has 0 amide bonds. The molecule has 1 aromatic carbocycles. The van der Waals surface area contributed by atoms with Gasteiger partial charge in [-0.3, -0.25) is 4.79 Å². The lowest BCUT2D eigenvalue weighted by molar-refractivity contribution is -0.131. The number of carboxylic acids is 1. The lowest BCUT2D eigenvalue weighted by atomic mass is 9.62. The smallest absolute Gasteiger partial charge is 0.328 e. The first kappa shape index (κ1) is 20.8. The zero-order chi connectivity index (χ0) is 20.4. The Bertz CT molecular complexity index is 855. The molecule has 0 heterocycles. The molecule has 0 fully saturated rings. The summed E-state index contributed by atoms with van der Waals surface area (Å²) in [5.74, 6) is -0.982. The highest BCUT2D eigenvalue weighted by Gasteiger charge is 2.49. The molecule has 0 radical (unpaired) electrons. The summed E-state index contributed by atoms with van der Waals surface area (Å²) in [5.41, 5.74) is 1.93. The maximum atomic E-state index is 12.8. The van der Waals surface area contributed by atoms with E-state index in [4.69, 9.17) is 5.11 Å². The summed E-state index contributed by atoms with van der Waals surface area (Å²) in [4.78, 5) is 23.6. The molecule has 1 atom stereocenters. The van der Waals surface area contributed by atoms with Gasteiger partial charge in [-0.2, -0.15) is 0 Å². The third-order valence-electron chi connectivity index (χ3n) is 5.40. The van der Waals surface area contributed by atoms with Gasteiger partial charge in [0.2, 0.25) is 0 Å². The Morgan fingerprint density at radius 3 is 2.52 bits per heavy atom. The fraction of sp³-hybridized carbons (Fsp3) is 0.391. The number of hydrogen-bond donors (Lipinski definition) is 2. The van der Waals surface area contributed by atoms with Crippen LogP contribution in [0.4, 0.5) is 0 Å². The molecule has 0 unspecified atom stereocenters. The molecule has 0 aliphatic heterocycles. The van der Waals surface area contributed by atoms with Crippen molar-refractivity contribution in [3.8, 4) is 0 Å². The number of allylic oxidation sites excluding steroid dienone is 3. The molecule has 27 heavy (non-hydrogen) atoms. The van der Waals surface area contributed by atoms with Crippen molar-refractivity contribution in [3.05, 3.63) is 70.3 Å². The number of aliphatic carboxylic acids is 1. The third-order valence-corrected chi connectivity index (χ3v) is 5.40. The van der Waals surface area contributed by atoms with Gasteiger partial charge in [-0.15, -0.1) is 0 Å². The van der Waals surface area contributed by atoms with Crippen molar-refractivity contribution in [1.82, 2.24) is 0 Å². The molecule has 0 aromatic heterocycles. The first-order chi connectivity index (χ1) is 12.5. The van der Waals surface area contributed by atoms with Gasteiger partial charge < -0.3 is 10.2 Å². The molecule has 0 bridgehead atoms. The van der Waals surface area contributed by atoms with Gasteiger partial charge in [0.05, 0.1) is 0 Å². The van der Waals surface area contributed by atoms with Gasteiger partial charge in [-0.25, -0.2) is 4.79 Å². The Labute approximate surface area is 160 Å². The van der Waals surface area contributed by atoms with Crippen molar-refractivity contribution < 1.29 is 19.8 Å². The van der Waals surface area contributed by atoms with Crippen LogP contribution < -0.4 is 0 Å². The number of carboxylic acid groups (broad SMARTS) is 1. The van der Waals surface area contributed by atoms with E-state index in [0.29, 0.717) is 23.1 Å². The van der Waals surface area contributed by atoms with Gasteiger partial charge in [-0.1, -0.05) is 49.8 Å². The van der Waals surface area contributed by atoms with Crippen molar-refractivity contribution in [2.45, 2.75) is 53.1 Å². The molecule has 0 spiro atoms. The van der Waals surface area contributed by atoms with E-state index in [1.165, 1.54) is 0 Å². The zero-order valence-electron chi connectivity index (χ0n) is 16.7. The molecule has 0 saturated carbocycles. The monoisotopic (exact) mass is 368 g/mol. The van der Waals surface area contributed by atoms with E-state index in [1.807, 2.05) is 45.0 Å². The minimum absolute atomic E-state index is 0.0508. The fourth-order valence-electron chi connectivity index (χ4n) is 3.69. The number of benzene rings is 1. The summed E-state index contributed by atoms with van der Waals surface area (Å²) in [6.45, 7) is 9.19. The summed E-state index contributed by atoms with van der Waals surface area (Å²) < 4.78 is 0. The molecule has 144 valence electrons. The summed E-state index contributed by atoms with van der Waals surface area (Å²) in [7, 11) is 0. The van der Waals surface area contributed by atoms with E-state index in [2.05, 4.69) is 0 Å². The third kappa shape index (κ3) is 4.45. The van der Waals surface area contributed by atoms with Gasteiger partial charge in [0, 0.05) is 29.9 Å². The molecule has 2 rings (SSSR count). The van der Waals surface area contributed by atoms with Crippen molar-refractivity contribution in [1.29, 1.82) is 0 Å². The quantitative estimate of drug-likeness (QED) is 0.604. The predicted molar refractivity (Wildman–Crippen MR) is 106 cm³/mol. The normalized spacial score (nSPS) is 23.2. The summed E-state index contributed by atoms with van der Waals surface area (Å²) in [6, 6.07) is 7.99. The fourth-order valence-corrected chi connectivity index (χ4v) is 3.69. The van der Waals surface area contributed by atoms with Crippen LogP contribution in [0.3, 0.4) is 0 Å². The standard InChI is InChI=1S/C23H28O4/c1-15-7-6-8-18(11-15)13-19-17(3)23(27,22(4,5)14-20(19)24)10-9-16(2)12-21(25)26/h6-12,27H,13-14H2,1-5H3,(H,25,26)/b10-9+,16-12-/t23-/m0/s1. The number of carbonyl (C=O) groups is 2. The van der Waals surface area contributed by atoms with E-state index in [9.17, 15) is 14.7 Å². The molecule has 2 N–H and O–H groups in total. The number of hydrogen-bond acceptors (Lipinski definition) is 3. The topological polar surface area (TPSA) is 74.6 Å². The number of carbonyl (C=O) groups excluding carboxylic acids is 1. The average molecular weight is 368 g/mol. The molecular formula is C23H28O4. The number of rotatable bonds is 5. The van der Waals surface area contributed by atoms with E-state index in [-0.39, 0.29) is 12.2 Å². The molecule has 4 nitrogen and oxygen atoms in total. The van der Waals surface area contributed by atoms with E-state index < -0.39 is 17.0 Å². The van der Waals surface area contributed by atoms with Crippen LogP contribution in [-0.2, 0) is 16.0 Å². The van der Waals surface area contributed by atoms with Crippen molar-refractivity contribution in [3.63, 3.8) is 0 Å². The highest BCUT2D eigenvalue weighted by Crippen LogP contribution is 2.47. The van der Waals surface area contributed by atoms with Crippen molar-refractivity contribution in [2.75, 3.05) is 0 Å². The summed E-state index contributed by atoms with van der Waals surface area (Å²) >= 11 is 0. The highest BCUT2D eigenvalue weighted by atomic mass is 16.4.